The van der Waals surface area contributed by atoms with Crippen molar-refractivity contribution in [3.8, 4) is 11.5 Å². The van der Waals surface area contributed by atoms with E-state index >= 15 is 0 Å². The predicted octanol–water partition coefficient (Wildman–Crippen LogP) is 4.90. The molecule has 0 saturated heterocycles. The number of halogens is 3. The van der Waals surface area contributed by atoms with E-state index < -0.39 is 40.2 Å². The molecule has 0 heterocycles. The lowest BCUT2D eigenvalue weighted by Gasteiger charge is -2.33. The predicted molar refractivity (Wildman–Crippen MR) is 156 cm³/mol. The highest BCUT2D eigenvalue weighted by Gasteiger charge is 2.34. The Hall–Kier alpha value is -3.54. The second-order valence-corrected chi connectivity index (χ2v) is 11.4. The van der Waals surface area contributed by atoms with Crippen molar-refractivity contribution < 1.29 is 31.9 Å². The summed E-state index contributed by atoms with van der Waals surface area (Å²) < 4.78 is 53.1. The van der Waals surface area contributed by atoms with E-state index in [2.05, 4.69) is 5.32 Å². The Morgan fingerprint density at radius 1 is 0.976 bits per heavy atom. The maximum absolute atomic E-state index is 14.0. The summed E-state index contributed by atoms with van der Waals surface area (Å²) in [5, 5.41) is 3.09. The van der Waals surface area contributed by atoms with E-state index in [0.29, 0.717) is 11.3 Å². The summed E-state index contributed by atoms with van der Waals surface area (Å²) in [7, 11) is -0.226. The summed E-state index contributed by atoms with van der Waals surface area (Å²) in [5.41, 5.74) is 0.417. The fraction of sp³-hybridized carbons (Fsp3) is 0.286. The van der Waals surface area contributed by atoms with Crippen LogP contribution in [0.25, 0.3) is 0 Å². The molecule has 220 valence electrons. The van der Waals surface area contributed by atoms with Crippen molar-refractivity contribution in [1.29, 1.82) is 0 Å². The third-order valence-corrected chi connectivity index (χ3v) is 8.84. The smallest absolute Gasteiger partial charge is 0.264 e. The largest absolute Gasteiger partial charge is 0.493 e. The molecule has 0 spiro atoms. The molecule has 13 heteroatoms. The number of hydrogen-bond donors (Lipinski definition) is 1. The van der Waals surface area contributed by atoms with E-state index in [1.807, 2.05) is 0 Å². The minimum Gasteiger partial charge on any atom is -0.493 e. The molecule has 0 saturated carbocycles. The molecular formula is C28H30Cl2FN3O6S. The number of benzene rings is 3. The molecule has 1 unspecified atom stereocenters. The van der Waals surface area contributed by atoms with Gasteiger partial charge in [-0.1, -0.05) is 36.2 Å². The van der Waals surface area contributed by atoms with Crippen LogP contribution in [0.3, 0.4) is 0 Å². The second-order valence-electron chi connectivity index (χ2n) is 8.77. The summed E-state index contributed by atoms with van der Waals surface area (Å²) in [6.45, 7) is 0.821. The number of carbonyl (C=O) groups excluding carboxylic acids is 2. The number of sulfonamides is 1. The number of nitrogens with one attached hydrogen (secondary N) is 1. The third-order valence-electron chi connectivity index (χ3n) is 6.36. The van der Waals surface area contributed by atoms with E-state index in [0.717, 1.165) is 16.4 Å². The standard InChI is InChI=1S/C28H30Cl2FN3O6S/c1-5-24(28(36)32-2)33(16-21-22(29)7-6-8-23(21)30)27(35)17-34(19-11-9-18(31)10-12-19)41(37,38)20-13-14-25(39-3)26(15-20)40-4/h6-15,24H,5,16-17H2,1-4H3,(H,32,36). The number of hydrogen-bond acceptors (Lipinski definition) is 6. The summed E-state index contributed by atoms with van der Waals surface area (Å²) >= 11 is 12.8. The first-order valence-electron chi connectivity index (χ1n) is 12.4. The van der Waals surface area contributed by atoms with Crippen molar-refractivity contribution in [2.45, 2.75) is 30.8 Å². The number of ether oxygens (including phenoxy) is 2. The molecule has 0 aromatic heterocycles. The van der Waals surface area contributed by atoms with Gasteiger partial charge >= 0.3 is 0 Å². The highest BCUT2D eigenvalue weighted by molar-refractivity contribution is 7.92. The van der Waals surface area contributed by atoms with Crippen molar-refractivity contribution in [3.63, 3.8) is 0 Å². The van der Waals surface area contributed by atoms with Gasteiger partial charge in [0.25, 0.3) is 10.0 Å². The average Bonchev–Trinajstić information content (AvgIpc) is 2.96. The zero-order valence-electron chi connectivity index (χ0n) is 22.9. The van der Waals surface area contributed by atoms with Gasteiger partial charge in [-0.15, -0.1) is 0 Å². The lowest BCUT2D eigenvalue weighted by molar-refractivity contribution is -0.140. The van der Waals surface area contributed by atoms with Gasteiger partial charge in [0.05, 0.1) is 24.8 Å². The molecule has 0 aliphatic carbocycles. The molecule has 2 amide bonds. The molecule has 0 radical (unpaired) electrons. The molecular weight excluding hydrogens is 596 g/mol. The summed E-state index contributed by atoms with van der Waals surface area (Å²) in [6.07, 6.45) is 0.215. The molecule has 1 atom stereocenters. The van der Waals surface area contributed by atoms with Crippen LogP contribution in [0.5, 0.6) is 11.5 Å². The molecule has 3 aromatic rings. The van der Waals surface area contributed by atoms with Crippen LogP contribution in [0.4, 0.5) is 10.1 Å². The van der Waals surface area contributed by atoms with Gasteiger partial charge in [0.15, 0.2) is 11.5 Å². The topological polar surface area (TPSA) is 105 Å². The zero-order chi connectivity index (χ0) is 30.3. The summed E-state index contributed by atoms with van der Waals surface area (Å²) in [5.74, 6) is -1.32. The number of likely N-dealkylation sites (N-methyl/N-ethyl adjacent to an activating group) is 1. The van der Waals surface area contributed by atoms with Crippen LogP contribution >= 0.6 is 23.2 Å². The number of amides is 2. The fourth-order valence-corrected chi connectivity index (χ4v) is 6.13. The van der Waals surface area contributed by atoms with Crippen molar-refractivity contribution in [2.24, 2.45) is 0 Å². The minimum absolute atomic E-state index is 0.0262. The Morgan fingerprint density at radius 3 is 2.12 bits per heavy atom. The number of methoxy groups -OCH3 is 2. The Balaban J connectivity index is 2.13. The molecule has 0 fully saturated rings. The van der Waals surface area contributed by atoms with Gasteiger partial charge in [-0.25, -0.2) is 12.8 Å². The van der Waals surface area contributed by atoms with Crippen molar-refractivity contribution in [2.75, 3.05) is 32.1 Å². The normalized spacial score (nSPS) is 11.9. The van der Waals surface area contributed by atoms with E-state index in [-0.39, 0.29) is 39.3 Å². The van der Waals surface area contributed by atoms with Gasteiger partial charge in [-0.2, -0.15) is 0 Å². The van der Waals surface area contributed by atoms with Crippen LogP contribution < -0.4 is 19.1 Å². The van der Waals surface area contributed by atoms with Gasteiger partial charge in [0.2, 0.25) is 11.8 Å². The maximum Gasteiger partial charge on any atom is 0.264 e. The first kappa shape index (κ1) is 32.0. The van der Waals surface area contributed by atoms with Crippen LogP contribution in [0.15, 0.2) is 65.6 Å². The van der Waals surface area contributed by atoms with E-state index in [9.17, 15) is 22.4 Å². The van der Waals surface area contributed by atoms with E-state index in [1.54, 1.807) is 25.1 Å². The highest BCUT2D eigenvalue weighted by atomic mass is 35.5. The van der Waals surface area contributed by atoms with Gasteiger partial charge in [-0.3, -0.25) is 13.9 Å². The first-order valence-corrected chi connectivity index (χ1v) is 14.6. The monoisotopic (exact) mass is 625 g/mol. The molecule has 0 aliphatic rings. The van der Waals surface area contributed by atoms with Gasteiger partial charge < -0.3 is 19.7 Å². The fourth-order valence-electron chi connectivity index (χ4n) is 4.18. The van der Waals surface area contributed by atoms with Crippen molar-refractivity contribution in [1.82, 2.24) is 10.2 Å². The Bertz CT molecular complexity index is 1480. The SMILES string of the molecule is CCC(C(=O)NC)N(Cc1c(Cl)cccc1Cl)C(=O)CN(c1ccc(F)cc1)S(=O)(=O)c1ccc(OC)c(OC)c1. The quantitative estimate of drug-likeness (QED) is 0.307. The van der Waals surface area contributed by atoms with E-state index in [1.165, 1.54) is 56.5 Å². The lowest BCUT2D eigenvalue weighted by atomic mass is 10.1. The molecule has 3 rings (SSSR count). The number of carbonyl (C=O) groups is 2. The third kappa shape index (κ3) is 7.22. The van der Waals surface area contributed by atoms with Gasteiger partial charge in [0, 0.05) is 35.3 Å². The van der Waals surface area contributed by atoms with E-state index in [4.69, 9.17) is 32.7 Å². The van der Waals surface area contributed by atoms with Crippen molar-refractivity contribution >= 4 is 50.7 Å². The molecule has 1 N–H and O–H groups in total. The van der Waals surface area contributed by atoms with Crippen LogP contribution in [0.1, 0.15) is 18.9 Å². The first-order chi connectivity index (χ1) is 19.5. The van der Waals surface area contributed by atoms with Crippen LogP contribution in [-0.4, -0.2) is 59.0 Å². The summed E-state index contributed by atoms with van der Waals surface area (Å²) in [6, 6.07) is 12.5. The summed E-state index contributed by atoms with van der Waals surface area (Å²) in [4.78, 5) is 27.8. The van der Waals surface area contributed by atoms with Crippen LogP contribution in [0.2, 0.25) is 10.0 Å². The van der Waals surface area contributed by atoms with Gasteiger partial charge in [-0.05, 0) is 55.0 Å². The molecule has 3 aromatic carbocycles. The Morgan fingerprint density at radius 2 is 1.59 bits per heavy atom. The van der Waals surface area contributed by atoms with Crippen molar-refractivity contribution in [3.05, 3.63) is 82.1 Å². The second kappa shape index (κ2) is 13.9. The number of nitrogens with zero attached hydrogens (tertiary/aromatic N) is 2. The number of rotatable bonds is 12. The van der Waals surface area contributed by atoms with Crippen LogP contribution in [-0.2, 0) is 26.2 Å². The minimum atomic E-state index is -4.43. The lowest BCUT2D eigenvalue weighted by Crippen LogP contribution is -2.51. The zero-order valence-corrected chi connectivity index (χ0v) is 25.2. The highest BCUT2D eigenvalue weighted by Crippen LogP contribution is 2.33. The molecule has 0 bridgehead atoms. The molecule has 41 heavy (non-hydrogen) atoms. The Kier molecular flexibility index (Phi) is 10.8. The Labute approximate surface area is 248 Å². The van der Waals surface area contributed by atoms with Gasteiger partial charge in [0.1, 0.15) is 18.4 Å². The number of anilines is 1. The maximum atomic E-state index is 14.0. The van der Waals surface area contributed by atoms with Crippen LogP contribution in [0, 0.1) is 5.82 Å². The molecule has 9 nitrogen and oxygen atoms in total. The molecule has 0 aliphatic heterocycles. The average molecular weight is 627 g/mol.